The highest BCUT2D eigenvalue weighted by Gasteiger charge is 2.18. The van der Waals surface area contributed by atoms with Crippen LogP contribution < -0.4 is 16.5 Å². The van der Waals surface area contributed by atoms with Crippen LogP contribution in [-0.2, 0) is 6.54 Å². The molecule has 0 spiro atoms. The van der Waals surface area contributed by atoms with Crippen molar-refractivity contribution in [2.75, 3.05) is 23.5 Å². The zero-order chi connectivity index (χ0) is 18.3. The molecule has 0 aliphatic carbocycles. The normalized spacial score (nSPS) is 13.3. The number of aromatic nitrogens is 3. The van der Waals surface area contributed by atoms with Gasteiger partial charge < -0.3 is 16.5 Å². The number of hydrogen-bond acceptors (Lipinski definition) is 7. The summed E-state index contributed by atoms with van der Waals surface area (Å²) in [6.45, 7) is 2.77. The van der Waals surface area contributed by atoms with Crippen molar-refractivity contribution in [1.29, 1.82) is 0 Å². The minimum absolute atomic E-state index is 0.0398. The van der Waals surface area contributed by atoms with Crippen molar-refractivity contribution in [2.45, 2.75) is 13.5 Å². The van der Waals surface area contributed by atoms with E-state index in [-0.39, 0.29) is 17.8 Å². The van der Waals surface area contributed by atoms with Gasteiger partial charge in [0, 0.05) is 24.8 Å². The molecule has 132 valence electrons. The molecule has 0 saturated heterocycles. The summed E-state index contributed by atoms with van der Waals surface area (Å²) in [6.07, 6.45) is 0. The van der Waals surface area contributed by atoms with Crippen LogP contribution in [0.25, 0.3) is 0 Å². The van der Waals surface area contributed by atoms with Crippen molar-refractivity contribution < 1.29 is 4.79 Å². The number of anilines is 4. The first-order chi connectivity index (χ1) is 12.5. The van der Waals surface area contributed by atoms with Gasteiger partial charge in [0.15, 0.2) is 0 Å². The molecule has 0 unspecified atom stereocenters. The molecule has 0 atom stereocenters. The van der Waals surface area contributed by atoms with E-state index in [2.05, 4.69) is 20.8 Å². The van der Waals surface area contributed by atoms with Crippen LogP contribution in [0.15, 0.2) is 42.5 Å². The third-order valence-corrected chi connectivity index (χ3v) is 4.17. The van der Waals surface area contributed by atoms with Gasteiger partial charge in [0.2, 0.25) is 11.9 Å². The average Bonchev–Trinajstić information content (AvgIpc) is 3.15. The molecule has 1 aromatic heterocycles. The number of fused-ring (bicyclic) bond motifs is 1. The van der Waals surface area contributed by atoms with E-state index in [1.54, 1.807) is 12.1 Å². The highest BCUT2D eigenvalue weighted by atomic mass is 16.2. The maximum Gasteiger partial charge on any atom is 0.281 e. The van der Waals surface area contributed by atoms with E-state index >= 15 is 0 Å². The number of nitrogens with zero attached hydrogens (tertiary/aromatic N) is 4. The molecule has 4 rings (SSSR count). The molecule has 1 aliphatic rings. The number of carbonyl (C=O) groups excluding carboxylic acids is 1. The summed E-state index contributed by atoms with van der Waals surface area (Å²) < 4.78 is 1.11. The fourth-order valence-electron chi connectivity index (χ4n) is 2.95. The molecule has 0 saturated carbocycles. The average molecular weight is 349 g/mol. The number of rotatable bonds is 3. The van der Waals surface area contributed by atoms with Gasteiger partial charge in [-0.15, -0.1) is 5.10 Å². The van der Waals surface area contributed by atoms with Crippen LogP contribution in [0.1, 0.15) is 21.5 Å². The maximum absolute atomic E-state index is 12.6. The van der Waals surface area contributed by atoms with Crippen LogP contribution in [0.4, 0.5) is 23.3 Å². The van der Waals surface area contributed by atoms with Crippen LogP contribution in [-0.4, -0.2) is 32.7 Å². The monoisotopic (exact) mass is 349 g/mol. The molecule has 8 nitrogen and oxygen atoms in total. The number of hydrazine groups is 1. The Morgan fingerprint density at radius 1 is 1.27 bits per heavy atom. The largest absolute Gasteiger partial charge is 0.368 e. The van der Waals surface area contributed by atoms with Gasteiger partial charge in [-0.3, -0.25) is 4.79 Å². The topological polar surface area (TPSA) is 101 Å². The summed E-state index contributed by atoms with van der Waals surface area (Å²) in [5, 5.41) is 9.30. The highest BCUT2D eigenvalue weighted by Crippen LogP contribution is 2.28. The summed E-state index contributed by atoms with van der Waals surface area (Å²) >= 11 is 0. The predicted molar refractivity (Wildman–Crippen MR) is 100 cm³/mol. The van der Waals surface area contributed by atoms with Gasteiger partial charge in [-0.05, 0) is 36.8 Å². The zero-order valence-electron chi connectivity index (χ0n) is 14.5. The first kappa shape index (κ1) is 16.1. The number of nitrogen functional groups attached to an aromatic ring is 1. The molecule has 26 heavy (non-hydrogen) atoms. The SMILES string of the molecule is Cc1cccc(C(=O)n2nc(Nc3ccc4c(c3)NN(C)C4)nc2N)c1. The lowest BCUT2D eigenvalue weighted by Crippen LogP contribution is -2.16. The minimum atomic E-state index is -0.316. The third-order valence-electron chi connectivity index (χ3n) is 4.17. The van der Waals surface area contributed by atoms with Gasteiger partial charge in [-0.2, -0.15) is 9.67 Å². The highest BCUT2D eigenvalue weighted by molar-refractivity contribution is 5.97. The van der Waals surface area contributed by atoms with Crippen LogP contribution in [0, 0.1) is 6.92 Å². The molecule has 0 radical (unpaired) electrons. The van der Waals surface area contributed by atoms with Crippen LogP contribution in [0.2, 0.25) is 0 Å². The first-order valence-electron chi connectivity index (χ1n) is 8.21. The van der Waals surface area contributed by atoms with E-state index in [9.17, 15) is 4.79 Å². The van der Waals surface area contributed by atoms with Gasteiger partial charge in [0.25, 0.3) is 5.91 Å². The van der Waals surface area contributed by atoms with Crippen LogP contribution >= 0.6 is 0 Å². The maximum atomic E-state index is 12.6. The molecule has 2 aromatic carbocycles. The standard InChI is InChI=1S/C18H19N7O/c1-11-4-3-5-12(8-11)16(26)25-17(19)21-18(23-25)20-14-7-6-13-10-24(2)22-15(13)9-14/h3-9,22H,10H2,1-2H3,(H3,19,20,21,23). The molecule has 4 N–H and O–H groups in total. The van der Waals surface area contributed by atoms with Crippen molar-refractivity contribution in [3.8, 4) is 0 Å². The molecule has 3 aromatic rings. The van der Waals surface area contributed by atoms with Gasteiger partial charge in [-0.25, -0.2) is 5.01 Å². The van der Waals surface area contributed by atoms with Crippen molar-refractivity contribution in [3.05, 3.63) is 59.2 Å². The molecule has 0 fully saturated rings. The Hall–Kier alpha value is -3.39. The van der Waals surface area contributed by atoms with Crippen molar-refractivity contribution >= 4 is 29.2 Å². The Morgan fingerprint density at radius 3 is 2.92 bits per heavy atom. The quantitative estimate of drug-likeness (QED) is 0.667. The molecule has 0 amide bonds. The Labute approximate surface area is 150 Å². The fourth-order valence-corrected chi connectivity index (χ4v) is 2.95. The third kappa shape index (κ3) is 2.98. The van der Waals surface area contributed by atoms with E-state index in [4.69, 9.17) is 5.73 Å². The van der Waals surface area contributed by atoms with E-state index in [1.807, 2.05) is 49.3 Å². The van der Waals surface area contributed by atoms with Crippen molar-refractivity contribution in [3.63, 3.8) is 0 Å². The Balaban J connectivity index is 1.57. The summed E-state index contributed by atoms with van der Waals surface area (Å²) in [5.74, 6) is -0.00294. The number of nitrogens with two attached hydrogens (primary N) is 1. The summed E-state index contributed by atoms with van der Waals surface area (Å²) in [5.41, 5.74) is 13.7. The molecule has 2 heterocycles. The molecule has 1 aliphatic heterocycles. The molecule has 0 bridgehead atoms. The Morgan fingerprint density at radius 2 is 2.12 bits per heavy atom. The van der Waals surface area contributed by atoms with E-state index < -0.39 is 0 Å². The second-order valence-electron chi connectivity index (χ2n) is 6.34. The predicted octanol–water partition coefficient (Wildman–Crippen LogP) is 2.37. The summed E-state index contributed by atoms with van der Waals surface area (Å²) in [4.78, 5) is 16.8. The lowest BCUT2D eigenvalue weighted by atomic mass is 10.1. The van der Waals surface area contributed by atoms with Crippen LogP contribution in [0.5, 0.6) is 0 Å². The lowest BCUT2D eigenvalue weighted by Gasteiger charge is -2.07. The summed E-state index contributed by atoms with van der Waals surface area (Å²) in [6, 6.07) is 13.2. The number of carbonyl (C=O) groups is 1. The number of hydrogen-bond donors (Lipinski definition) is 3. The second-order valence-corrected chi connectivity index (χ2v) is 6.34. The zero-order valence-corrected chi connectivity index (χ0v) is 14.5. The van der Waals surface area contributed by atoms with Gasteiger partial charge in [0.1, 0.15) is 0 Å². The summed E-state index contributed by atoms with van der Waals surface area (Å²) in [7, 11) is 1.98. The number of benzene rings is 2. The number of aryl methyl sites for hydroxylation is 1. The van der Waals surface area contributed by atoms with Crippen molar-refractivity contribution in [2.24, 2.45) is 0 Å². The molecular weight excluding hydrogens is 330 g/mol. The first-order valence-corrected chi connectivity index (χ1v) is 8.21. The lowest BCUT2D eigenvalue weighted by molar-refractivity contribution is 0.0948. The van der Waals surface area contributed by atoms with Gasteiger partial charge in [-0.1, -0.05) is 23.8 Å². The van der Waals surface area contributed by atoms with Gasteiger partial charge >= 0.3 is 0 Å². The van der Waals surface area contributed by atoms with Crippen LogP contribution in [0.3, 0.4) is 0 Å². The smallest absolute Gasteiger partial charge is 0.281 e. The second kappa shape index (κ2) is 6.16. The van der Waals surface area contributed by atoms with E-state index in [0.29, 0.717) is 5.56 Å². The fraction of sp³-hybridized carbons (Fsp3) is 0.167. The molecule has 8 heteroatoms. The number of nitrogens with one attached hydrogen (secondary N) is 2. The Kier molecular flexibility index (Phi) is 3.81. The molecular formula is C18H19N7O. The Bertz CT molecular complexity index is 995. The minimum Gasteiger partial charge on any atom is -0.368 e. The van der Waals surface area contributed by atoms with E-state index in [0.717, 1.165) is 28.2 Å². The van der Waals surface area contributed by atoms with Crippen molar-refractivity contribution in [1.82, 2.24) is 19.8 Å². The van der Waals surface area contributed by atoms with Gasteiger partial charge in [0.05, 0.1) is 5.69 Å². The van der Waals surface area contributed by atoms with E-state index in [1.165, 1.54) is 5.56 Å².